The Morgan fingerprint density at radius 2 is 1.93 bits per heavy atom. The number of rotatable bonds is 5. The molecule has 7 nitrogen and oxygen atoms in total. The van der Waals surface area contributed by atoms with Crippen molar-refractivity contribution in [3.05, 3.63) is 52.9 Å². The molecule has 1 aliphatic heterocycles. The third kappa shape index (κ3) is 3.78. The summed E-state index contributed by atoms with van der Waals surface area (Å²) in [6, 6.07) is 12.3. The zero-order valence-corrected chi connectivity index (χ0v) is 18.4. The van der Waals surface area contributed by atoms with Crippen molar-refractivity contribution in [1.29, 1.82) is 0 Å². The molecule has 0 radical (unpaired) electrons. The van der Waals surface area contributed by atoms with Crippen molar-refractivity contribution in [2.75, 3.05) is 23.3 Å². The van der Waals surface area contributed by atoms with Crippen molar-refractivity contribution >= 4 is 38.1 Å². The average Bonchev–Trinajstić information content (AvgIpc) is 3.10. The predicted octanol–water partition coefficient (Wildman–Crippen LogP) is 3.84. The van der Waals surface area contributed by atoms with E-state index in [9.17, 15) is 13.2 Å². The first kappa shape index (κ1) is 20.4. The van der Waals surface area contributed by atoms with Crippen LogP contribution in [0.25, 0.3) is 11.3 Å². The van der Waals surface area contributed by atoms with E-state index < -0.39 is 10.0 Å². The Bertz CT molecular complexity index is 1220. The highest BCUT2D eigenvalue weighted by atomic mass is 32.2. The second kappa shape index (κ2) is 7.73. The fourth-order valence-corrected chi connectivity index (χ4v) is 5.28. The van der Waals surface area contributed by atoms with Crippen LogP contribution < -0.4 is 14.4 Å². The summed E-state index contributed by atoms with van der Waals surface area (Å²) >= 11 is 1.26. The second-order valence-corrected chi connectivity index (χ2v) is 9.84. The molecule has 0 bridgehead atoms. The van der Waals surface area contributed by atoms with E-state index in [1.807, 2.05) is 26.0 Å². The highest BCUT2D eigenvalue weighted by molar-refractivity contribution is 7.93. The maximum Gasteiger partial charge on any atom is 0.264 e. The van der Waals surface area contributed by atoms with Gasteiger partial charge in [-0.05, 0) is 49.2 Å². The standard InChI is InChI=1S/C21H21N3O4S2/c1-4-14-5-8-16(9-6-14)30(26,27)23-21-22-20(13(2)29-21)15-7-10-18-17(11-15)24(3)19(25)12-28-18/h5-11H,4,12H2,1-3H3,(H,22,23). The first-order valence-corrected chi connectivity index (χ1v) is 11.7. The number of benzene rings is 2. The number of ether oxygens (including phenoxy) is 1. The van der Waals surface area contributed by atoms with Gasteiger partial charge >= 0.3 is 0 Å². The van der Waals surface area contributed by atoms with Gasteiger partial charge in [0.25, 0.3) is 15.9 Å². The van der Waals surface area contributed by atoms with Crippen LogP contribution in [0.5, 0.6) is 5.75 Å². The molecule has 30 heavy (non-hydrogen) atoms. The lowest BCUT2D eigenvalue weighted by molar-refractivity contribution is -0.120. The van der Waals surface area contributed by atoms with Gasteiger partial charge in [0.1, 0.15) is 5.75 Å². The molecule has 156 valence electrons. The molecule has 0 spiro atoms. The van der Waals surface area contributed by atoms with Crippen LogP contribution in [0, 0.1) is 6.92 Å². The van der Waals surface area contributed by atoms with Gasteiger partial charge in [0.05, 0.1) is 16.3 Å². The molecule has 0 saturated heterocycles. The van der Waals surface area contributed by atoms with Crippen molar-refractivity contribution in [1.82, 2.24) is 4.98 Å². The van der Waals surface area contributed by atoms with Crippen molar-refractivity contribution in [2.24, 2.45) is 0 Å². The highest BCUT2D eigenvalue weighted by Crippen LogP contribution is 2.38. The molecule has 1 aromatic heterocycles. The summed E-state index contributed by atoms with van der Waals surface area (Å²) < 4.78 is 33.5. The van der Waals surface area contributed by atoms with Gasteiger partial charge in [-0.25, -0.2) is 13.4 Å². The van der Waals surface area contributed by atoms with Crippen molar-refractivity contribution in [3.63, 3.8) is 0 Å². The van der Waals surface area contributed by atoms with Crippen LogP contribution in [0.1, 0.15) is 17.4 Å². The number of thiazole rings is 1. The number of aryl methyl sites for hydroxylation is 2. The summed E-state index contributed by atoms with van der Waals surface area (Å²) in [5.74, 6) is 0.502. The number of likely N-dealkylation sites (N-methyl/N-ethyl adjacent to an activating group) is 1. The average molecular weight is 444 g/mol. The Kier molecular flexibility index (Phi) is 5.25. The molecule has 9 heteroatoms. The van der Waals surface area contributed by atoms with E-state index in [2.05, 4.69) is 9.71 Å². The van der Waals surface area contributed by atoms with Crippen LogP contribution >= 0.6 is 11.3 Å². The number of sulfonamides is 1. The van der Waals surface area contributed by atoms with Gasteiger partial charge in [-0.3, -0.25) is 9.52 Å². The number of nitrogens with one attached hydrogen (secondary N) is 1. The summed E-state index contributed by atoms with van der Waals surface area (Å²) in [7, 11) is -2.03. The number of carbonyl (C=O) groups is 1. The smallest absolute Gasteiger partial charge is 0.264 e. The Morgan fingerprint density at radius 3 is 2.63 bits per heavy atom. The Morgan fingerprint density at radius 1 is 1.20 bits per heavy atom. The maximum absolute atomic E-state index is 12.7. The maximum atomic E-state index is 12.7. The van der Waals surface area contributed by atoms with Gasteiger partial charge in [-0.15, -0.1) is 11.3 Å². The van der Waals surface area contributed by atoms with Gasteiger partial charge in [-0.1, -0.05) is 19.1 Å². The molecule has 0 fully saturated rings. The largest absolute Gasteiger partial charge is 0.482 e. The predicted molar refractivity (Wildman–Crippen MR) is 118 cm³/mol. The van der Waals surface area contributed by atoms with Gasteiger partial charge in [-0.2, -0.15) is 0 Å². The first-order valence-electron chi connectivity index (χ1n) is 9.41. The minimum Gasteiger partial charge on any atom is -0.482 e. The third-order valence-corrected chi connectivity index (χ3v) is 7.35. The fraction of sp³-hybridized carbons (Fsp3) is 0.238. The van der Waals surface area contributed by atoms with E-state index >= 15 is 0 Å². The lowest BCUT2D eigenvalue weighted by atomic mass is 10.1. The number of fused-ring (bicyclic) bond motifs is 1. The minimum atomic E-state index is -3.73. The third-order valence-electron chi connectivity index (χ3n) is 4.98. The van der Waals surface area contributed by atoms with E-state index in [4.69, 9.17) is 4.74 Å². The molecule has 3 aromatic rings. The zero-order valence-electron chi connectivity index (χ0n) is 16.8. The second-order valence-electron chi connectivity index (χ2n) is 6.95. The topological polar surface area (TPSA) is 88.6 Å². The number of aromatic nitrogens is 1. The monoisotopic (exact) mass is 443 g/mol. The highest BCUT2D eigenvalue weighted by Gasteiger charge is 2.24. The molecule has 0 aliphatic carbocycles. The van der Waals surface area contributed by atoms with Crippen LogP contribution in [0.15, 0.2) is 47.4 Å². The van der Waals surface area contributed by atoms with Crippen LogP contribution in [0.4, 0.5) is 10.8 Å². The number of amides is 1. The Balaban J connectivity index is 1.63. The summed E-state index contributed by atoms with van der Waals surface area (Å²) in [6.45, 7) is 3.91. The number of anilines is 2. The van der Waals surface area contributed by atoms with Crippen molar-refractivity contribution in [3.8, 4) is 17.0 Å². The van der Waals surface area contributed by atoms with Crippen LogP contribution in [-0.2, 0) is 21.2 Å². The van der Waals surface area contributed by atoms with Crippen LogP contribution in [-0.4, -0.2) is 33.0 Å². The molecule has 4 rings (SSSR count). The number of carbonyl (C=O) groups excluding carboxylic acids is 1. The minimum absolute atomic E-state index is 0.0176. The summed E-state index contributed by atoms with van der Waals surface area (Å²) in [5.41, 5.74) is 3.18. The van der Waals surface area contributed by atoms with Crippen LogP contribution in [0.2, 0.25) is 0 Å². The van der Waals surface area contributed by atoms with Crippen molar-refractivity contribution in [2.45, 2.75) is 25.2 Å². The molecular formula is C21H21N3O4S2. The van der Waals surface area contributed by atoms with E-state index in [0.29, 0.717) is 22.3 Å². The molecule has 0 unspecified atom stereocenters. The summed E-state index contributed by atoms with van der Waals surface area (Å²) in [6.07, 6.45) is 0.843. The summed E-state index contributed by atoms with van der Waals surface area (Å²) in [4.78, 5) is 19.0. The molecule has 2 aromatic carbocycles. The quantitative estimate of drug-likeness (QED) is 0.647. The molecule has 1 aliphatic rings. The van der Waals surface area contributed by atoms with Crippen LogP contribution in [0.3, 0.4) is 0 Å². The number of hydrogen-bond acceptors (Lipinski definition) is 6. The molecule has 0 atom stereocenters. The lowest BCUT2D eigenvalue weighted by Crippen LogP contribution is -2.35. The van der Waals surface area contributed by atoms with Gasteiger partial charge in [0.15, 0.2) is 11.7 Å². The van der Waals surface area contributed by atoms with Gasteiger partial charge in [0.2, 0.25) is 0 Å². The summed E-state index contributed by atoms with van der Waals surface area (Å²) in [5, 5.41) is 0.292. The molecule has 2 heterocycles. The van der Waals surface area contributed by atoms with Gasteiger partial charge in [0, 0.05) is 17.5 Å². The fourth-order valence-electron chi connectivity index (χ4n) is 3.21. The molecule has 1 N–H and O–H groups in total. The van der Waals surface area contributed by atoms with Gasteiger partial charge < -0.3 is 9.64 Å². The van der Waals surface area contributed by atoms with Crippen molar-refractivity contribution < 1.29 is 17.9 Å². The van der Waals surface area contributed by atoms with E-state index in [1.165, 1.54) is 11.3 Å². The normalized spacial score (nSPS) is 13.7. The zero-order chi connectivity index (χ0) is 21.5. The molecule has 0 saturated carbocycles. The number of hydrogen-bond donors (Lipinski definition) is 1. The SMILES string of the molecule is CCc1ccc(S(=O)(=O)Nc2nc(-c3ccc4c(c3)N(C)C(=O)CO4)c(C)s2)cc1. The first-order chi connectivity index (χ1) is 14.3. The number of nitrogens with zero attached hydrogens (tertiary/aromatic N) is 2. The Labute approximate surface area is 179 Å². The molecule has 1 amide bonds. The lowest BCUT2D eigenvalue weighted by Gasteiger charge is -2.26. The van der Waals surface area contributed by atoms with E-state index in [-0.39, 0.29) is 17.4 Å². The Hall–Kier alpha value is -2.91. The van der Waals surface area contributed by atoms with E-state index in [0.717, 1.165) is 22.4 Å². The molecular weight excluding hydrogens is 422 g/mol. The van der Waals surface area contributed by atoms with E-state index in [1.54, 1.807) is 42.3 Å².